The first-order valence-electron chi connectivity index (χ1n) is 14.1. The Bertz CT molecular complexity index is 2060. The first-order chi connectivity index (χ1) is 19.6. The van der Waals surface area contributed by atoms with Gasteiger partial charge in [-0.15, -0.1) is 0 Å². The zero-order valence-electron chi connectivity index (χ0n) is 23.6. The fourth-order valence-corrected chi connectivity index (χ4v) is 7.05. The predicted octanol–water partition coefficient (Wildman–Crippen LogP) is 7.65. The van der Waals surface area contributed by atoms with Crippen LogP contribution in [-0.2, 0) is 5.41 Å². The Kier molecular flexibility index (Phi) is 4.74. The van der Waals surface area contributed by atoms with Crippen molar-refractivity contribution in [1.29, 1.82) is 0 Å². The lowest BCUT2D eigenvalue weighted by molar-refractivity contribution is -0.0903. The van der Waals surface area contributed by atoms with Gasteiger partial charge < -0.3 is 14.3 Å². The lowest BCUT2D eigenvalue weighted by Gasteiger charge is -2.38. The molecule has 1 aromatic heterocycles. The van der Waals surface area contributed by atoms with Crippen LogP contribution in [0.25, 0.3) is 44.2 Å². The van der Waals surface area contributed by atoms with Crippen molar-refractivity contribution in [3.63, 3.8) is 0 Å². The Morgan fingerprint density at radius 2 is 1.37 bits per heavy atom. The Morgan fingerprint density at radius 1 is 0.732 bits per heavy atom. The van der Waals surface area contributed by atoms with E-state index in [0.29, 0.717) is 11.3 Å². The number of hydrogen-bond acceptors (Lipinski definition) is 3. The van der Waals surface area contributed by atoms with E-state index in [4.69, 9.17) is 17.0 Å². The number of rotatable bonds is 3. The second-order valence-electron chi connectivity index (χ2n) is 12.4. The summed E-state index contributed by atoms with van der Waals surface area (Å²) in [5, 5.41) is 13.1. The monoisotopic (exact) mass is 532 g/mol. The molecule has 0 fully saturated rings. The number of benzene rings is 5. The Hall–Kier alpha value is -4.28. The average molecular weight is 532 g/mol. The lowest BCUT2D eigenvalue weighted by Crippen LogP contribution is -2.49. The minimum atomic E-state index is -1.11. The van der Waals surface area contributed by atoms with Crippen LogP contribution in [0, 0.1) is 0 Å². The van der Waals surface area contributed by atoms with Crippen LogP contribution in [0.3, 0.4) is 0 Å². The first-order valence-corrected chi connectivity index (χ1v) is 14.1. The van der Waals surface area contributed by atoms with Gasteiger partial charge in [-0.2, -0.15) is 0 Å². The minimum Gasteiger partial charge on any atom is -0.481 e. The van der Waals surface area contributed by atoms with Gasteiger partial charge in [0, 0.05) is 10.8 Å². The molecular formula is C37H29BO3. The van der Waals surface area contributed by atoms with Gasteiger partial charge >= 0.3 is 0 Å². The minimum absolute atomic E-state index is 0.606. The zero-order chi connectivity index (χ0) is 28.3. The number of para-hydroxylation sites is 1. The number of ether oxygens (including phenoxy) is 1. The summed E-state index contributed by atoms with van der Waals surface area (Å²) in [6.07, 6.45) is 0. The number of hydrogen-bond donors (Lipinski definition) is 1. The van der Waals surface area contributed by atoms with Gasteiger partial charge in [-0.25, -0.2) is 0 Å². The molecule has 2 radical (unpaired) electrons. The van der Waals surface area contributed by atoms with Crippen molar-refractivity contribution in [2.75, 3.05) is 0 Å². The summed E-state index contributed by atoms with van der Waals surface area (Å²) in [4.78, 5) is 0. The molecule has 0 bridgehead atoms. The van der Waals surface area contributed by atoms with Gasteiger partial charge in [-0.3, -0.25) is 0 Å². The molecule has 5 aromatic carbocycles. The fourth-order valence-electron chi connectivity index (χ4n) is 7.05. The van der Waals surface area contributed by atoms with Crippen LogP contribution in [0.5, 0.6) is 5.75 Å². The molecule has 1 spiro atoms. The Balaban J connectivity index is 1.60. The summed E-state index contributed by atoms with van der Waals surface area (Å²) in [5.74, 6) is 0.606. The van der Waals surface area contributed by atoms with Crippen LogP contribution in [0.4, 0.5) is 0 Å². The fraction of sp³-hybridized carbons (Fsp3) is 0.189. The smallest absolute Gasteiger partial charge is 0.177 e. The summed E-state index contributed by atoms with van der Waals surface area (Å²) in [5.41, 5.74) is 8.86. The molecule has 4 heteroatoms. The maximum Gasteiger partial charge on any atom is 0.177 e. The molecule has 2 aliphatic carbocycles. The molecule has 1 atom stereocenters. The van der Waals surface area contributed by atoms with Crippen LogP contribution in [0.15, 0.2) is 101 Å². The molecule has 3 nitrogen and oxygen atoms in total. The van der Waals surface area contributed by atoms with E-state index < -0.39 is 16.6 Å². The zero-order valence-corrected chi connectivity index (χ0v) is 23.6. The highest BCUT2D eigenvalue weighted by molar-refractivity contribution is 6.35. The average Bonchev–Trinajstić information content (AvgIpc) is 3.57. The van der Waals surface area contributed by atoms with E-state index in [2.05, 4.69) is 66.7 Å². The largest absolute Gasteiger partial charge is 0.481 e. The van der Waals surface area contributed by atoms with Crippen molar-refractivity contribution in [3.8, 4) is 28.0 Å². The van der Waals surface area contributed by atoms with Crippen LogP contribution >= 0.6 is 0 Å². The molecule has 1 N–H and O–H groups in total. The number of fused-ring (bicyclic) bond motifs is 14. The SMILES string of the molecule is [B]c1cccc2c1C1(c3ccccc3-2)c2ccccc2-c2c1cc(OC(C)(C)C(C)(C)O)c1oc3ccccc3c21. The van der Waals surface area contributed by atoms with Crippen molar-refractivity contribution >= 4 is 35.2 Å². The summed E-state index contributed by atoms with van der Waals surface area (Å²) in [6.45, 7) is 7.38. The van der Waals surface area contributed by atoms with Crippen molar-refractivity contribution in [3.05, 3.63) is 119 Å². The van der Waals surface area contributed by atoms with E-state index in [1.807, 2.05) is 44.2 Å². The molecule has 198 valence electrons. The third kappa shape index (κ3) is 2.98. The Morgan fingerprint density at radius 3 is 2.12 bits per heavy atom. The van der Waals surface area contributed by atoms with Crippen molar-refractivity contribution in [2.24, 2.45) is 0 Å². The maximum absolute atomic E-state index is 11.1. The van der Waals surface area contributed by atoms with E-state index in [1.165, 1.54) is 22.3 Å². The van der Waals surface area contributed by atoms with Crippen LogP contribution in [0.1, 0.15) is 49.9 Å². The molecule has 1 unspecified atom stereocenters. The molecule has 41 heavy (non-hydrogen) atoms. The van der Waals surface area contributed by atoms with Crippen LogP contribution in [-0.4, -0.2) is 24.2 Å². The van der Waals surface area contributed by atoms with Gasteiger partial charge in [-0.1, -0.05) is 90.4 Å². The summed E-state index contributed by atoms with van der Waals surface area (Å²) in [6, 6.07) is 33.9. The summed E-state index contributed by atoms with van der Waals surface area (Å²) < 4.78 is 13.3. The van der Waals surface area contributed by atoms with Crippen molar-refractivity contribution in [1.82, 2.24) is 0 Å². The maximum atomic E-state index is 11.1. The molecule has 0 amide bonds. The van der Waals surface area contributed by atoms with Crippen LogP contribution < -0.4 is 10.2 Å². The molecule has 2 aliphatic rings. The summed E-state index contributed by atoms with van der Waals surface area (Å²) >= 11 is 0. The highest BCUT2D eigenvalue weighted by Crippen LogP contribution is 2.64. The molecule has 8 rings (SSSR count). The molecule has 0 aliphatic heterocycles. The van der Waals surface area contributed by atoms with E-state index in [1.54, 1.807) is 13.8 Å². The second-order valence-corrected chi connectivity index (χ2v) is 12.4. The predicted molar refractivity (Wildman–Crippen MR) is 166 cm³/mol. The third-order valence-electron chi connectivity index (χ3n) is 9.55. The molecular weight excluding hydrogens is 503 g/mol. The molecule has 0 saturated heterocycles. The van der Waals surface area contributed by atoms with Crippen molar-refractivity contribution < 1.29 is 14.3 Å². The number of furan rings is 1. The quantitative estimate of drug-likeness (QED) is 0.238. The van der Waals surface area contributed by atoms with E-state index in [9.17, 15) is 5.11 Å². The van der Waals surface area contributed by atoms with Gasteiger partial charge in [-0.05, 0) is 84.3 Å². The highest BCUT2D eigenvalue weighted by Gasteiger charge is 2.53. The van der Waals surface area contributed by atoms with Gasteiger partial charge in [0.25, 0.3) is 0 Å². The van der Waals surface area contributed by atoms with Crippen LogP contribution in [0.2, 0.25) is 0 Å². The topological polar surface area (TPSA) is 42.6 Å². The second kappa shape index (κ2) is 7.93. The standard InChI is InChI=1S/C37H29BO3/c1-35(2,39)36(3,4)41-30-20-27-31(32-24-14-7-10-19-29(24)40-34(30)32)23-13-6-9-17-26(23)37(27)25-16-8-5-12-21(25)22-15-11-18-28(38)33(22)37/h5-20,39H,1-4H3. The first kappa shape index (κ1) is 24.5. The van der Waals surface area contributed by atoms with E-state index >= 15 is 0 Å². The lowest BCUT2D eigenvalue weighted by atomic mass is 9.67. The summed E-state index contributed by atoms with van der Waals surface area (Å²) in [7, 11) is 6.92. The molecule has 1 heterocycles. The highest BCUT2D eigenvalue weighted by atomic mass is 16.5. The Labute approximate surface area is 240 Å². The third-order valence-corrected chi connectivity index (χ3v) is 9.55. The molecule has 6 aromatic rings. The van der Waals surface area contributed by atoms with Gasteiger partial charge in [0.1, 0.15) is 19.0 Å². The van der Waals surface area contributed by atoms with Gasteiger partial charge in [0.15, 0.2) is 11.3 Å². The van der Waals surface area contributed by atoms with Crippen molar-refractivity contribution in [2.45, 2.75) is 44.3 Å². The normalized spacial score (nSPS) is 17.1. The molecule has 0 saturated carbocycles. The van der Waals surface area contributed by atoms with Gasteiger partial charge in [0.2, 0.25) is 0 Å². The number of aliphatic hydroxyl groups is 1. The van der Waals surface area contributed by atoms with Gasteiger partial charge in [0.05, 0.1) is 11.0 Å². The van der Waals surface area contributed by atoms with E-state index in [0.717, 1.165) is 44.1 Å². The van der Waals surface area contributed by atoms with E-state index in [-0.39, 0.29) is 0 Å².